The van der Waals surface area contributed by atoms with Crippen LogP contribution in [0, 0.1) is 0 Å². The van der Waals surface area contributed by atoms with Crippen molar-refractivity contribution in [3.05, 3.63) is 24.3 Å². The molecule has 0 radical (unpaired) electrons. The molecule has 2 N–H and O–H groups in total. The van der Waals surface area contributed by atoms with Crippen LogP contribution < -0.4 is 10.0 Å². The molecule has 0 aromatic heterocycles. The summed E-state index contributed by atoms with van der Waals surface area (Å²) in [4.78, 5) is 13.2. The Hall–Kier alpha value is -1.48. The van der Waals surface area contributed by atoms with Crippen LogP contribution in [0.3, 0.4) is 0 Å². The highest BCUT2D eigenvalue weighted by Gasteiger charge is 2.21. The number of nitrogens with zero attached hydrogens (tertiary/aromatic N) is 1. The summed E-state index contributed by atoms with van der Waals surface area (Å²) in [6.45, 7) is 3.79. The maximum absolute atomic E-state index is 12.2. The molecule has 1 aliphatic heterocycles. The van der Waals surface area contributed by atoms with Crippen LogP contribution in [0.5, 0.6) is 0 Å². The second-order valence-corrected chi connectivity index (χ2v) is 7.08. The quantitative estimate of drug-likeness (QED) is 0.810. The van der Waals surface area contributed by atoms with Crippen molar-refractivity contribution in [2.75, 3.05) is 38.6 Å². The molecule has 122 valence electrons. The van der Waals surface area contributed by atoms with Gasteiger partial charge >= 0.3 is 0 Å². The third kappa shape index (κ3) is 4.77. The van der Waals surface area contributed by atoms with Crippen molar-refractivity contribution in [1.29, 1.82) is 0 Å². The van der Waals surface area contributed by atoms with Gasteiger partial charge < -0.3 is 15.0 Å². The number of amides is 1. The van der Waals surface area contributed by atoms with Crippen molar-refractivity contribution in [3.63, 3.8) is 0 Å². The number of nitrogens with one attached hydrogen (secondary N) is 2. The fourth-order valence-corrected chi connectivity index (χ4v) is 3.26. The summed E-state index contributed by atoms with van der Waals surface area (Å²) < 4.78 is 32.5. The number of morpholine rings is 1. The van der Waals surface area contributed by atoms with Gasteiger partial charge in [0.15, 0.2) is 0 Å². The van der Waals surface area contributed by atoms with E-state index in [1.165, 1.54) is 19.1 Å². The van der Waals surface area contributed by atoms with Gasteiger partial charge in [0.2, 0.25) is 15.9 Å². The Morgan fingerprint density at radius 1 is 1.36 bits per heavy atom. The molecule has 0 saturated carbocycles. The van der Waals surface area contributed by atoms with Gasteiger partial charge in [0.05, 0.1) is 17.6 Å². The summed E-state index contributed by atoms with van der Waals surface area (Å²) >= 11 is 0. The first-order valence-corrected chi connectivity index (χ1v) is 8.52. The number of carbonyl (C=O) groups excluding carboxylic acids is 1. The van der Waals surface area contributed by atoms with Crippen molar-refractivity contribution in [2.45, 2.75) is 17.9 Å². The third-order valence-electron chi connectivity index (χ3n) is 3.33. The van der Waals surface area contributed by atoms with E-state index in [9.17, 15) is 13.2 Å². The van der Waals surface area contributed by atoms with Gasteiger partial charge in [-0.15, -0.1) is 0 Å². The fourth-order valence-electron chi connectivity index (χ4n) is 2.20. The van der Waals surface area contributed by atoms with Crippen molar-refractivity contribution in [1.82, 2.24) is 9.62 Å². The van der Waals surface area contributed by atoms with Crippen LogP contribution in [0.1, 0.15) is 6.92 Å². The molecule has 1 aliphatic rings. The molecule has 1 fully saturated rings. The second-order valence-electron chi connectivity index (χ2n) is 5.31. The van der Waals surface area contributed by atoms with E-state index in [1.54, 1.807) is 12.1 Å². The molecule has 22 heavy (non-hydrogen) atoms. The Balaban J connectivity index is 1.96. The molecule has 2 rings (SSSR count). The van der Waals surface area contributed by atoms with Crippen LogP contribution in [0.2, 0.25) is 0 Å². The number of benzene rings is 1. The summed E-state index contributed by atoms with van der Waals surface area (Å²) in [6.07, 6.45) is -0.146. The average molecular weight is 327 g/mol. The molecule has 1 amide bonds. The molecule has 1 saturated heterocycles. The van der Waals surface area contributed by atoms with Crippen LogP contribution >= 0.6 is 0 Å². The lowest BCUT2D eigenvalue weighted by molar-refractivity contribution is -0.114. The van der Waals surface area contributed by atoms with Crippen molar-refractivity contribution >= 4 is 21.6 Å². The number of ether oxygens (including phenoxy) is 1. The Morgan fingerprint density at radius 2 is 2.05 bits per heavy atom. The van der Waals surface area contributed by atoms with E-state index in [1.807, 2.05) is 7.05 Å². The van der Waals surface area contributed by atoms with Gasteiger partial charge in [0, 0.05) is 32.2 Å². The minimum atomic E-state index is -3.58. The monoisotopic (exact) mass is 327 g/mol. The van der Waals surface area contributed by atoms with Crippen molar-refractivity contribution < 1.29 is 17.9 Å². The molecule has 0 spiro atoms. The smallest absolute Gasteiger partial charge is 0.240 e. The van der Waals surface area contributed by atoms with Crippen LogP contribution in [0.25, 0.3) is 0 Å². The molecule has 1 unspecified atom stereocenters. The zero-order chi connectivity index (χ0) is 16.2. The van der Waals surface area contributed by atoms with Gasteiger partial charge in [-0.25, -0.2) is 13.1 Å². The molecule has 1 heterocycles. The maximum atomic E-state index is 12.2. The first kappa shape index (κ1) is 16.9. The molecule has 1 atom stereocenters. The highest BCUT2D eigenvalue weighted by molar-refractivity contribution is 7.89. The molecular weight excluding hydrogens is 306 g/mol. The summed E-state index contributed by atoms with van der Waals surface area (Å²) in [5.74, 6) is -0.202. The van der Waals surface area contributed by atoms with E-state index < -0.39 is 10.0 Å². The number of rotatable bonds is 5. The summed E-state index contributed by atoms with van der Waals surface area (Å²) in [6, 6.07) is 6.03. The number of hydrogen-bond acceptors (Lipinski definition) is 5. The highest BCUT2D eigenvalue weighted by atomic mass is 32.2. The Morgan fingerprint density at radius 3 is 2.64 bits per heavy atom. The first-order chi connectivity index (χ1) is 10.4. The SMILES string of the molecule is CC(=O)Nc1ccc(S(=O)(=O)NCC2CN(C)CCO2)cc1. The van der Waals surface area contributed by atoms with Crippen molar-refractivity contribution in [3.8, 4) is 0 Å². The molecule has 1 aromatic carbocycles. The lowest BCUT2D eigenvalue weighted by atomic mass is 10.3. The zero-order valence-corrected chi connectivity index (χ0v) is 13.5. The van der Waals surface area contributed by atoms with E-state index in [-0.39, 0.29) is 23.5 Å². The number of hydrogen-bond donors (Lipinski definition) is 2. The summed E-state index contributed by atoms with van der Waals surface area (Å²) in [7, 11) is -1.61. The van der Waals surface area contributed by atoms with E-state index in [2.05, 4.69) is 14.9 Å². The van der Waals surface area contributed by atoms with Crippen molar-refractivity contribution in [2.24, 2.45) is 0 Å². The Bertz CT molecular complexity index is 615. The van der Waals surface area contributed by atoms with E-state index in [0.29, 0.717) is 18.8 Å². The van der Waals surface area contributed by atoms with Gasteiger partial charge in [0.25, 0.3) is 0 Å². The fraction of sp³-hybridized carbons (Fsp3) is 0.500. The second kappa shape index (κ2) is 7.19. The lowest BCUT2D eigenvalue weighted by Crippen LogP contribution is -2.45. The molecule has 7 nitrogen and oxygen atoms in total. The largest absolute Gasteiger partial charge is 0.374 e. The first-order valence-electron chi connectivity index (χ1n) is 7.04. The molecule has 0 bridgehead atoms. The standard InChI is InChI=1S/C14H21N3O4S/c1-11(18)16-12-3-5-14(6-4-12)22(19,20)15-9-13-10-17(2)7-8-21-13/h3-6,13,15H,7-10H2,1-2H3,(H,16,18). The molecule has 8 heteroatoms. The van der Waals surface area contributed by atoms with E-state index >= 15 is 0 Å². The lowest BCUT2D eigenvalue weighted by Gasteiger charge is -2.30. The summed E-state index contributed by atoms with van der Waals surface area (Å²) in [5.41, 5.74) is 0.559. The summed E-state index contributed by atoms with van der Waals surface area (Å²) in [5, 5.41) is 2.59. The number of carbonyl (C=O) groups is 1. The van der Waals surface area contributed by atoms with Gasteiger partial charge in [-0.1, -0.05) is 0 Å². The molecule has 0 aliphatic carbocycles. The minimum Gasteiger partial charge on any atom is -0.374 e. The van der Waals surface area contributed by atoms with Crippen LogP contribution in [-0.2, 0) is 19.6 Å². The maximum Gasteiger partial charge on any atom is 0.240 e. The van der Waals surface area contributed by atoms with Gasteiger partial charge in [-0.05, 0) is 31.3 Å². The molecular formula is C14H21N3O4S. The average Bonchev–Trinajstić information content (AvgIpc) is 2.45. The normalized spacial score (nSPS) is 19.8. The number of likely N-dealkylation sites (N-methyl/N-ethyl adjacent to an activating group) is 1. The minimum absolute atomic E-state index is 0.146. The molecule has 1 aromatic rings. The number of anilines is 1. The Kier molecular flexibility index (Phi) is 5.52. The number of sulfonamides is 1. The predicted molar refractivity (Wildman–Crippen MR) is 83.2 cm³/mol. The van der Waals surface area contributed by atoms with E-state index in [0.717, 1.165) is 6.54 Å². The predicted octanol–water partition coefficient (Wildman–Crippen LogP) is 0.254. The van der Waals surface area contributed by atoms with Crippen LogP contribution in [0.15, 0.2) is 29.2 Å². The topological polar surface area (TPSA) is 87.7 Å². The van der Waals surface area contributed by atoms with Gasteiger partial charge in [-0.2, -0.15) is 0 Å². The van der Waals surface area contributed by atoms with Gasteiger partial charge in [-0.3, -0.25) is 4.79 Å². The third-order valence-corrected chi connectivity index (χ3v) is 4.77. The highest BCUT2D eigenvalue weighted by Crippen LogP contribution is 2.14. The van der Waals surface area contributed by atoms with Crippen LogP contribution in [0.4, 0.5) is 5.69 Å². The van der Waals surface area contributed by atoms with Crippen LogP contribution in [-0.4, -0.2) is 58.6 Å². The Labute approximate surface area is 130 Å². The zero-order valence-electron chi connectivity index (χ0n) is 12.7. The van der Waals surface area contributed by atoms with Gasteiger partial charge in [0.1, 0.15) is 0 Å². The van der Waals surface area contributed by atoms with E-state index in [4.69, 9.17) is 4.74 Å².